The first-order valence-corrected chi connectivity index (χ1v) is 11.7. The molecule has 0 saturated carbocycles. The quantitative estimate of drug-likeness (QED) is 0.163. The van der Waals surface area contributed by atoms with Gasteiger partial charge in [-0.1, -0.05) is 37.5 Å². The van der Waals surface area contributed by atoms with E-state index in [0.717, 1.165) is 18.4 Å². The molecule has 35 heavy (non-hydrogen) atoms. The van der Waals surface area contributed by atoms with Crippen molar-refractivity contribution in [1.82, 2.24) is 15.3 Å². The molecule has 0 bridgehead atoms. The Morgan fingerprint density at radius 2 is 2.14 bits per heavy atom. The van der Waals surface area contributed by atoms with E-state index in [9.17, 15) is 9.59 Å². The largest absolute Gasteiger partial charge is 0.381 e. The van der Waals surface area contributed by atoms with Crippen LogP contribution in [0.5, 0.6) is 0 Å². The maximum Gasteiger partial charge on any atom is 0.244 e. The van der Waals surface area contributed by atoms with Gasteiger partial charge in [0.1, 0.15) is 18.4 Å². The highest BCUT2D eigenvalue weighted by atomic mass is 35.5. The number of aryl methyl sites for hydroxylation is 1. The van der Waals surface area contributed by atoms with Crippen LogP contribution in [0.4, 0.5) is 11.8 Å². The number of rotatable bonds is 13. The van der Waals surface area contributed by atoms with Gasteiger partial charge in [-0.05, 0) is 25.3 Å². The molecule has 0 radical (unpaired) electrons. The van der Waals surface area contributed by atoms with E-state index in [2.05, 4.69) is 38.8 Å². The molecule has 1 aliphatic heterocycles. The normalized spacial score (nSPS) is 15.7. The summed E-state index contributed by atoms with van der Waals surface area (Å²) in [6, 6.07) is -0.805. The summed E-state index contributed by atoms with van der Waals surface area (Å²) >= 11 is 5.61. The molecule has 10 nitrogen and oxygen atoms in total. The van der Waals surface area contributed by atoms with Crippen LogP contribution >= 0.6 is 11.6 Å². The average molecular weight is 502 g/mol. The van der Waals surface area contributed by atoms with Crippen LogP contribution in [-0.4, -0.2) is 65.8 Å². The Kier molecular flexibility index (Phi) is 11.6. The zero-order valence-corrected chi connectivity index (χ0v) is 20.6. The number of primary amides is 1. The number of nitrogens with one attached hydrogen (secondary N) is 2. The third kappa shape index (κ3) is 8.99. The van der Waals surface area contributed by atoms with Crippen molar-refractivity contribution in [2.45, 2.75) is 31.8 Å². The maximum atomic E-state index is 12.4. The van der Waals surface area contributed by atoms with Crippen molar-refractivity contribution in [3.05, 3.63) is 61.0 Å². The summed E-state index contributed by atoms with van der Waals surface area (Å²) in [6.45, 7) is 10.5. The zero-order valence-electron chi connectivity index (χ0n) is 19.8. The molecule has 1 fully saturated rings. The molecule has 0 aliphatic carbocycles. The van der Waals surface area contributed by atoms with E-state index in [1.807, 2.05) is 6.92 Å². The number of allylic oxidation sites excluding steroid dienone is 3. The number of alkyl halides is 1. The fourth-order valence-corrected chi connectivity index (χ4v) is 3.33. The summed E-state index contributed by atoms with van der Waals surface area (Å²) in [7, 11) is 0. The lowest BCUT2D eigenvalue weighted by Crippen LogP contribution is -2.46. The number of carbonyl (C=O) groups is 2. The minimum Gasteiger partial charge on any atom is -0.381 e. The first-order chi connectivity index (χ1) is 16.9. The number of hydrogen-bond acceptors (Lipinski definition) is 7. The molecule has 1 atom stereocenters. The van der Waals surface area contributed by atoms with Crippen LogP contribution in [0.25, 0.3) is 0 Å². The molecule has 4 N–H and O–H groups in total. The SMILES string of the molecule is C=C/C(=C\C=C/CCl)C(NC(=O)CN=CN(C=C)c1nc(NC2CCOCC2)ncc1C)C(N)=O. The van der Waals surface area contributed by atoms with E-state index in [4.69, 9.17) is 22.1 Å². The second kappa shape index (κ2) is 14.7. The number of ether oxygens (including phenoxy) is 1. The van der Waals surface area contributed by atoms with Gasteiger partial charge >= 0.3 is 0 Å². The smallest absolute Gasteiger partial charge is 0.244 e. The highest BCUT2D eigenvalue weighted by Crippen LogP contribution is 2.19. The lowest BCUT2D eigenvalue weighted by Gasteiger charge is -2.24. The Hall–Kier alpha value is -3.50. The molecule has 1 aromatic rings. The van der Waals surface area contributed by atoms with Gasteiger partial charge in [0, 0.05) is 43.1 Å². The molecule has 0 aromatic carbocycles. The number of hydrogen-bond donors (Lipinski definition) is 3. The van der Waals surface area contributed by atoms with E-state index in [-0.39, 0.29) is 12.6 Å². The van der Waals surface area contributed by atoms with Crippen molar-refractivity contribution in [1.29, 1.82) is 0 Å². The molecule has 188 valence electrons. The molecule has 1 unspecified atom stereocenters. The second-order valence-electron chi connectivity index (χ2n) is 7.63. The topological polar surface area (TPSA) is 135 Å². The minimum absolute atomic E-state index is 0.243. The fourth-order valence-electron chi connectivity index (χ4n) is 3.23. The summed E-state index contributed by atoms with van der Waals surface area (Å²) < 4.78 is 5.38. The van der Waals surface area contributed by atoms with Gasteiger partial charge < -0.3 is 21.1 Å². The molecule has 1 aromatic heterocycles. The number of halogens is 1. The van der Waals surface area contributed by atoms with Crippen molar-refractivity contribution in [2.75, 3.05) is 35.9 Å². The molecule has 1 aliphatic rings. The van der Waals surface area contributed by atoms with E-state index < -0.39 is 17.9 Å². The van der Waals surface area contributed by atoms with E-state index in [1.54, 1.807) is 29.3 Å². The molecule has 1 saturated heterocycles. The second-order valence-corrected chi connectivity index (χ2v) is 7.94. The predicted molar refractivity (Wildman–Crippen MR) is 140 cm³/mol. The number of nitrogens with zero attached hydrogens (tertiary/aromatic N) is 4. The van der Waals surface area contributed by atoms with Crippen LogP contribution in [0.15, 0.2) is 60.4 Å². The fraction of sp³-hybridized carbons (Fsp3) is 0.375. The molecule has 2 rings (SSSR count). The summed E-state index contributed by atoms with van der Waals surface area (Å²) in [4.78, 5) is 39.0. The van der Waals surface area contributed by atoms with Gasteiger partial charge in [0.15, 0.2) is 0 Å². The van der Waals surface area contributed by atoms with Gasteiger partial charge in [-0.2, -0.15) is 4.98 Å². The number of aliphatic imine (C=N–C) groups is 1. The molecule has 2 heterocycles. The van der Waals surface area contributed by atoms with Crippen molar-refractivity contribution in [3.63, 3.8) is 0 Å². The van der Waals surface area contributed by atoms with Gasteiger partial charge in [0.25, 0.3) is 0 Å². The third-order valence-electron chi connectivity index (χ3n) is 5.05. The summed E-state index contributed by atoms with van der Waals surface area (Å²) in [5, 5.41) is 5.90. The lowest BCUT2D eigenvalue weighted by molar-refractivity contribution is -0.125. The Morgan fingerprint density at radius 3 is 2.77 bits per heavy atom. The highest BCUT2D eigenvalue weighted by Gasteiger charge is 2.20. The van der Waals surface area contributed by atoms with Gasteiger partial charge in [0.05, 0.1) is 6.34 Å². The number of anilines is 2. The van der Waals surface area contributed by atoms with Crippen LogP contribution in [-0.2, 0) is 14.3 Å². The van der Waals surface area contributed by atoms with Crippen LogP contribution in [0.2, 0.25) is 0 Å². The van der Waals surface area contributed by atoms with Crippen molar-refractivity contribution >= 4 is 41.5 Å². The van der Waals surface area contributed by atoms with Gasteiger partial charge in [0.2, 0.25) is 17.8 Å². The Balaban J connectivity index is 2.05. The van der Waals surface area contributed by atoms with Crippen LogP contribution in [0.1, 0.15) is 18.4 Å². The molecule has 2 amide bonds. The zero-order chi connectivity index (χ0) is 25.6. The summed E-state index contributed by atoms with van der Waals surface area (Å²) in [5.41, 5.74) is 6.70. The van der Waals surface area contributed by atoms with Crippen molar-refractivity contribution in [3.8, 4) is 0 Å². The standard InChI is InChI=1S/C24H32ClN7O3/c1-4-18(8-6-7-11-25)21(22(26)34)30-20(33)15-27-16-32(5-2)23-17(3)14-28-24(31-23)29-19-9-12-35-13-10-19/h4-8,14,16,19,21H,1-2,9-13,15H2,3H3,(H2,26,34)(H,30,33)(H,28,29,31)/b7-6-,18-8+,27-16?. The van der Waals surface area contributed by atoms with Crippen molar-refractivity contribution < 1.29 is 14.3 Å². The number of amides is 2. The molecular weight excluding hydrogens is 470 g/mol. The van der Waals surface area contributed by atoms with E-state index in [1.165, 1.54) is 18.6 Å². The molecular formula is C24H32ClN7O3. The average Bonchev–Trinajstić information content (AvgIpc) is 2.85. The van der Waals surface area contributed by atoms with Crippen LogP contribution in [0.3, 0.4) is 0 Å². The highest BCUT2D eigenvalue weighted by molar-refractivity contribution is 6.18. The Bertz CT molecular complexity index is 987. The van der Waals surface area contributed by atoms with E-state index >= 15 is 0 Å². The predicted octanol–water partition coefficient (Wildman–Crippen LogP) is 2.23. The van der Waals surface area contributed by atoms with E-state index in [0.29, 0.717) is 36.4 Å². The van der Waals surface area contributed by atoms with Crippen molar-refractivity contribution in [2.24, 2.45) is 10.7 Å². The van der Waals surface area contributed by atoms with Crippen LogP contribution < -0.4 is 21.3 Å². The third-order valence-corrected chi connectivity index (χ3v) is 5.23. The first-order valence-electron chi connectivity index (χ1n) is 11.1. The number of aromatic nitrogens is 2. The van der Waals surface area contributed by atoms with Gasteiger partial charge in [-0.15, -0.1) is 11.6 Å². The number of nitrogens with two attached hydrogens (primary N) is 1. The van der Waals surface area contributed by atoms with Gasteiger partial charge in [-0.25, -0.2) is 4.98 Å². The van der Waals surface area contributed by atoms with Gasteiger partial charge in [-0.3, -0.25) is 19.5 Å². The summed E-state index contributed by atoms with van der Waals surface area (Å²) in [5.74, 6) is 0.159. The monoisotopic (exact) mass is 501 g/mol. The lowest BCUT2D eigenvalue weighted by atomic mass is 10.1. The molecule has 0 spiro atoms. The number of carbonyl (C=O) groups excluding carboxylic acids is 2. The first kappa shape index (κ1) is 27.7. The Morgan fingerprint density at radius 1 is 1.40 bits per heavy atom. The minimum atomic E-state index is -1.05. The van der Waals surface area contributed by atoms with Crippen LogP contribution in [0, 0.1) is 6.92 Å². The summed E-state index contributed by atoms with van der Waals surface area (Å²) in [6.07, 6.45) is 12.8. The maximum absolute atomic E-state index is 12.4. The Labute approximate surface area is 210 Å². The molecule has 11 heteroatoms.